The molecule has 3 aromatic rings. The number of hydrogen-bond acceptors (Lipinski definition) is 8. The van der Waals surface area contributed by atoms with Crippen LogP contribution in [0.15, 0.2) is 18.5 Å². The summed E-state index contributed by atoms with van der Waals surface area (Å²) >= 11 is 1.10. The number of pyridine rings is 1. The maximum Gasteiger partial charge on any atom is 0.329 e. The number of anilines is 2. The largest absolute Gasteiger partial charge is 0.466 e. The zero-order valence-corrected chi connectivity index (χ0v) is 17.1. The normalized spacial score (nSPS) is 22.7. The lowest BCUT2D eigenvalue weighted by atomic mass is 10.0. The molecule has 30 heavy (non-hydrogen) atoms. The van der Waals surface area contributed by atoms with E-state index in [0.29, 0.717) is 35.6 Å². The molecule has 1 aliphatic carbocycles. The topological polar surface area (TPSA) is 132 Å². The van der Waals surface area contributed by atoms with Crippen LogP contribution in [-0.2, 0) is 0 Å². The molecule has 2 unspecified atom stereocenters. The molecule has 0 bridgehead atoms. The monoisotopic (exact) mass is 424 g/mol. The minimum absolute atomic E-state index is 0.150. The fourth-order valence-corrected chi connectivity index (χ4v) is 5.08. The van der Waals surface area contributed by atoms with Gasteiger partial charge in [-0.3, -0.25) is 5.32 Å². The first-order valence-electron chi connectivity index (χ1n) is 9.71. The zero-order chi connectivity index (χ0) is 20.7. The summed E-state index contributed by atoms with van der Waals surface area (Å²) in [5.74, 6) is 0.873. The Morgan fingerprint density at radius 3 is 2.90 bits per heavy atom. The summed E-state index contributed by atoms with van der Waals surface area (Å²) < 4.78 is 8.94. The van der Waals surface area contributed by atoms with Gasteiger partial charge in [-0.15, -0.1) is 4.37 Å². The van der Waals surface area contributed by atoms with Crippen LogP contribution in [0.5, 0.6) is 6.01 Å². The number of carbonyl (C=O) groups excluding carboxylic acids is 1. The Bertz CT molecular complexity index is 1120. The Hall–Kier alpha value is -3.39. The van der Waals surface area contributed by atoms with Crippen LogP contribution in [0.4, 0.5) is 15.6 Å². The third kappa shape index (κ3) is 3.29. The minimum atomic E-state index is -0.150. The number of fused-ring (bicyclic) bond motifs is 2. The van der Waals surface area contributed by atoms with Crippen LogP contribution >= 0.6 is 11.5 Å². The molecule has 11 heteroatoms. The Labute approximate surface area is 176 Å². The molecule has 1 saturated carbocycles. The first-order chi connectivity index (χ1) is 14.6. The number of nitrogens with one attached hydrogen (secondary N) is 3. The van der Waals surface area contributed by atoms with Crippen molar-refractivity contribution in [1.82, 2.24) is 24.2 Å². The van der Waals surface area contributed by atoms with Gasteiger partial charge in [0.15, 0.2) is 0 Å². The van der Waals surface area contributed by atoms with Crippen LogP contribution in [0, 0.1) is 23.2 Å². The van der Waals surface area contributed by atoms with Crippen LogP contribution in [0.25, 0.3) is 11.0 Å². The summed E-state index contributed by atoms with van der Waals surface area (Å²) in [6.45, 7) is 1.43. The van der Waals surface area contributed by atoms with E-state index in [1.165, 1.54) is 7.11 Å². The number of carbonyl (C=O) groups is 1. The molecule has 2 fully saturated rings. The Morgan fingerprint density at radius 2 is 2.20 bits per heavy atom. The van der Waals surface area contributed by atoms with E-state index in [0.717, 1.165) is 41.1 Å². The number of methoxy groups -OCH3 is 1. The highest BCUT2D eigenvalue weighted by Gasteiger charge is 2.42. The maximum atomic E-state index is 12.6. The van der Waals surface area contributed by atoms with Crippen molar-refractivity contribution in [2.75, 3.05) is 30.8 Å². The van der Waals surface area contributed by atoms with Crippen molar-refractivity contribution in [3.05, 3.63) is 24.0 Å². The second-order valence-corrected chi connectivity index (χ2v) is 8.40. The van der Waals surface area contributed by atoms with Gasteiger partial charge in [0.25, 0.3) is 0 Å². The number of aromatic nitrogens is 4. The fourth-order valence-electron chi connectivity index (χ4n) is 4.55. The maximum absolute atomic E-state index is 12.6. The molecule has 1 saturated heterocycles. The third-order valence-electron chi connectivity index (χ3n) is 5.90. The molecule has 2 aliphatic rings. The van der Waals surface area contributed by atoms with Crippen LogP contribution in [0.1, 0.15) is 18.4 Å². The first-order valence-corrected chi connectivity index (χ1v) is 10.5. The average molecular weight is 424 g/mol. The highest BCUT2D eigenvalue weighted by molar-refractivity contribution is 7.10. The molecule has 5 rings (SSSR count). The van der Waals surface area contributed by atoms with Gasteiger partial charge in [0, 0.05) is 48.4 Å². The van der Waals surface area contributed by atoms with Gasteiger partial charge < -0.3 is 19.9 Å². The van der Waals surface area contributed by atoms with E-state index in [1.807, 2.05) is 17.2 Å². The van der Waals surface area contributed by atoms with Crippen molar-refractivity contribution in [3.8, 4) is 12.1 Å². The van der Waals surface area contributed by atoms with Gasteiger partial charge in [-0.2, -0.15) is 10.2 Å². The second kappa shape index (κ2) is 7.46. The lowest BCUT2D eigenvalue weighted by molar-refractivity contribution is 0.218. The SMILES string of the molecule is COc1nsc(NC(=O)N2CC3CC(Nc4c(C#N)cnc5[nH]ccc45)CC3C2)n1. The van der Waals surface area contributed by atoms with Crippen LogP contribution < -0.4 is 15.4 Å². The van der Waals surface area contributed by atoms with Crippen LogP contribution in [-0.4, -0.2) is 56.5 Å². The van der Waals surface area contributed by atoms with Gasteiger partial charge in [-0.1, -0.05) is 0 Å². The predicted molar refractivity (Wildman–Crippen MR) is 111 cm³/mol. The highest BCUT2D eigenvalue weighted by Crippen LogP contribution is 2.40. The summed E-state index contributed by atoms with van der Waals surface area (Å²) in [6.07, 6.45) is 5.35. The molecule has 154 valence electrons. The van der Waals surface area contributed by atoms with E-state index in [-0.39, 0.29) is 18.1 Å². The molecule has 10 nitrogen and oxygen atoms in total. The summed E-state index contributed by atoms with van der Waals surface area (Å²) in [6, 6.07) is 4.55. The van der Waals surface area contributed by atoms with Crippen molar-refractivity contribution in [2.24, 2.45) is 11.8 Å². The van der Waals surface area contributed by atoms with E-state index in [9.17, 15) is 10.1 Å². The smallest absolute Gasteiger partial charge is 0.329 e. The van der Waals surface area contributed by atoms with Crippen molar-refractivity contribution in [3.63, 3.8) is 0 Å². The van der Waals surface area contributed by atoms with Crippen molar-refractivity contribution >= 4 is 39.4 Å². The fraction of sp³-hybridized carbons (Fsp3) is 0.421. The minimum Gasteiger partial charge on any atom is -0.466 e. The standard InChI is InChI=1S/C19H20N8O2S/c1-29-17-24-18(30-26-17)25-19(28)27-8-10-4-13(5-11(10)9-27)23-15-12(6-20)7-22-16-14(15)2-3-21-16/h2-3,7,10-11,13H,4-5,8-9H2,1H3,(H2,21,22,23)(H,24,25,26,28). The number of nitriles is 1. The first kappa shape index (κ1) is 18.6. The van der Waals surface area contributed by atoms with E-state index in [4.69, 9.17) is 4.74 Å². The Morgan fingerprint density at radius 1 is 1.40 bits per heavy atom. The Kier molecular flexibility index (Phi) is 4.63. The number of H-pyrrole nitrogens is 1. The number of likely N-dealkylation sites (tertiary alicyclic amines) is 1. The molecular formula is C19H20N8O2S. The van der Waals surface area contributed by atoms with E-state index in [2.05, 4.69) is 36.0 Å². The summed E-state index contributed by atoms with van der Waals surface area (Å²) in [7, 11) is 1.49. The van der Waals surface area contributed by atoms with Crippen molar-refractivity contribution in [1.29, 1.82) is 5.26 Å². The van der Waals surface area contributed by atoms with Gasteiger partial charge in [0.2, 0.25) is 5.13 Å². The molecular weight excluding hydrogens is 404 g/mol. The van der Waals surface area contributed by atoms with Gasteiger partial charge in [-0.25, -0.2) is 9.78 Å². The molecule has 3 aromatic heterocycles. The zero-order valence-electron chi connectivity index (χ0n) is 16.3. The van der Waals surface area contributed by atoms with Gasteiger partial charge in [0.05, 0.1) is 18.4 Å². The van der Waals surface area contributed by atoms with Gasteiger partial charge in [0.1, 0.15) is 11.7 Å². The summed E-state index contributed by atoms with van der Waals surface area (Å²) in [5.41, 5.74) is 2.16. The number of ether oxygens (including phenoxy) is 1. The van der Waals surface area contributed by atoms with E-state index in [1.54, 1.807) is 6.20 Å². The predicted octanol–water partition coefficient (Wildman–Crippen LogP) is 2.65. The van der Waals surface area contributed by atoms with Crippen LogP contribution in [0.2, 0.25) is 0 Å². The molecule has 3 N–H and O–H groups in total. The number of aromatic amines is 1. The second-order valence-electron chi connectivity index (χ2n) is 7.65. The lowest BCUT2D eigenvalue weighted by Gasteiger charge is -2.21. The molecule has 4 heterocycles. The average Bonchev–Trinajstić information content (AvgIpc) is 3.51. The van der Waals surface area contributed by atoms with Gasteiger partial charge in [-0.05, 0) is 30.7 Å². The molecule has 0 aromatic carbocycles. The molecule has 2 atom stereocenters. The Balaban J connectivity index is 1.22. The number of amides is 2. The number of rotatable bonds is 4. The summed E-state index contributed by atoms with van der Waals surface area (Å²) in [4.78, 5) is 25.9. The van der Waals surface area contributed by atoms with Crippen molar-refractivity contribution in [2.45, 2.75) is 18.9 Å². The molecule has 2 amide bonds. The quantitative estimate of drug-likeness (QED) is 0.586. The lowest BCUT2D eigenvalue weighted by Crippen LogP contribution is -2.34. The van der Waals surface area contributed by atoms with Gasteiger partial charge >= 0.3 is 12.0 Å². The number of urea groups is 1. The molecule has 1 aliphatic heterocycles. The van der Waals surface area contributed by atoms with Crippen molar-refractivity contribution < 1.29 is 9.53 Å². The third-order valence-corrected chi connectivity index (χ3v) is 6.51. The summed E-state index contributed by atoms with van der Waals surface area (Å²) in [5, 5.41) is 17.2. The highest BCUT2D eigenvalue weighted by atomic mass is 32.1. The van der Waals surface area contributed by atoms with Crippen LogP contribution in [0.3, 0.4) is 0 Å². The number of hydrogen-bond donors (Lipinski definition) is 3. The molecule has 0 radical (unpaired) electrons. The van der Waals surface area contributed by atoms with E-state index < -0.39 is 0 Å². The molecule has 0 spiro atoms. The van der Waals surface area contributed by atoms with E-state index >= 15 is 0 Å². The number of nitrogens with zero attached hydrogens (tertiary/aromatic N) is 5.